The highest BCUT2D eigenvalue weighted by Crippen LogP contribution is 2.15. The molecule has 20 heavy (non-hydrogen) atoms. The van der Waals surface area contributed by atoms with Crippen LogP contribution in [0, 0.1) is 0 Å². The number of hydrogen-bond acceptors (Lipinski definition) is 5. The largest absolute Gasteiger partial charge is 0.467 e. The average Bonchev–Trinajstić information content (AvgIpc) is 2.93. The zero-order valence-electron chi connectivity index (χ0n) is 11.8. The number of rotatable bonds is 6. The van der Waals surface area contributed by atoms with Gasteiger partial charge < -0.3 is 5.02 Å². The van der Waals surface area contributed by atoms with Crippen molar-refractivity contribution in [1.82, 2.24) is 15.3 Å². The van der Waals surface area contributed by atoms with Gasteiger partial charge in [-0.1, -0.05) is 30.4 Å². The summed E-state index contributed by atoms with van der Waals surface area (Å²) in [5.41, 5.74) is 3.94. The van der Waals surface area contributed by atoms with Crippen molar-refractivity contribution in [3.8, 4) is 0 Å². The molecule has 5 nitrogen and oxygen atoms in total. The van der Waals surface area contributed by atoms with Crippen LogP contribution in [0.2, 0.25) is 0 Å². The minimum absolute atomic E-state index is 0.311. The minimum Gasteiger partial charge on any atom is -0.428 e. The first-order chi connectivity index (χ1) is 9.52. The molecule has 0 fully saturated rings. The maximum Gasteiger partial charge on any atom is 0.467 e. The maximum absolute atomic E-state index is 12.3. The quantitative estimate of drug-likeness (QED) is 0.476. The number of allylic oxidation sites excluding steroid dienone is 5. The molecule has 0 saturated heterocycles. The summed E-state index contributed by atoms with van der Waals surface area (Å²) in [6.45, 7) is 7.48. The third-order valence-corrected chi connectivity index (χ3v) is 3.32. The van der Waals surface area contributed by atoms with Crippen LogP contribution < -0.4 is 5.43 Å². The van der Waals surface area contributed by atoms with E-state index in [-0.39, 0.29) is 5.91 Å². The molecule has 1 rings (SSSR count). The van der Waals surface area contributed by atoms with Crippen molar-refractivity contribution in [3.63, 3.8) is 0 Å². The second-order valence-corrected chi connectivity index (χ2v) is 4.93. The molecule has 0 atom stereocenters. The van der Waals surface area contributed by atoms with Crippen LogP contribution in [0.4, 0.5) is 0 Å². The molecule has 0 radical (unpaired) electrons. The van der Waals surface area contributed by atoms with Crippen LogP contribution >= 0.6 is 11.3 Å². The second kappa shape index (κ2) is 7.79. The fourth-order valence-electron chi connectivity index (χ4n) is 1.55. The van der Waals surface area contributed by atoms with E-state index in [4.69, 9.17) is 0 Å². The number of aromatic nitrogens is 1. The SMILES string of the molecule is C=C(C)/C(=C\C=C/C)B(O)N(NC)C(=O)c1nccs1. The van der Waals surface area contributed by atoms with Crippen molar-refractivity contribution < 1.29 is 9.82 Å². The van der Waals surface area contributed by atoms with Crippen LogP contribution in [-0.4, -0.2) is 34.9 Å². The van der Waals surface area contributed by atoms with E-state index in [1.54, 1.807) is 37.7 Å². The molecule has 7 heteroatoms. The first-order valence-electron chi connectivity index (χ1n) is 6.10. The lowest BCUT2D eigenvalue weighted by Gasteiger charge is -2.25. The summed E-state index contributed by atoms with van der Waals surface area (Å²) in [5.74, 6) is -0.386. The predicted molar refractivity (Wildman–Crippen MR) is 83.0 cm³/mol. The molecule has 106 valence electrons. The summed E-state index contributed by atoms with van der Waals surface area (Å²) < 4.78 is 0. The first-order valence-corrected chi connectivity index (χ1v) is 6.98. The molecule has 0 aliphatic rings. The van der Waals surface area contributed by atoms with E-state index in [0.29, 0.717) is 16.1 Å². The third-order valence-electron chi connectivity index (χ3n) is 2.56. The summed E-state index contributed by atoms with van der Waals surface area (Å²) in [5, 5.41) is 12.4. The summed E-state index contributed by atoms with van der Waals surface area (Å²) >= 11 is 1.22. The first kappa shape index (κ1) is 16.4. The molecule has 2 N–H and O–H groups in total. The summed E-state index contributed by atoms with van der Waals surface area (Å²) in [6, 6.07) is 0. The molecule has 0 saturated carbocycles. The Morgan fingerprint density at radius 3 is 2.80 bits per heavy atom. The Balaban J connectivity index is 3.04. The molecule has 1 aromatic rings. The number of carbonyl (C=O) groups is 1. The highest BCUT2D eigenvalue weighted by atomic mass is 32.1. The van der Waals surface area contributed by atoms with Gasteiger partial charge in [-0.25, -0.2) is 10.4 Å². The van der Waals surface area contributed by atoms with Crippen LogP contribution in [0.15, 0.2) is 47.4 Å². The van der Waals surface area contributed by atoms with Gasteiger partial charge in [-0.2, -0.15) is 0 Å². The van der Waals surface area contributed by atoms with Gasteiger partial charge >= 0.3 is 7.05 Å². The average molecular weight is 291 g/mol. The molecule has 0 spiro atoms. The van der Waals surface area contributed by atoms with E-state index in [9.17, 15) is 9.82 Å². The van der Waals surface area contributed by atoms with E-state index < -0.39 is 7.05 Å². The fraction of sp³-hybridized carbons (Fsp3) is 0.231. The summed E-state index contributed by atoms with van der Waals surface area (Å²) in [6.07, 6.45) is 6.90. The zero-order chi connectivity index (χ0) is 15.1. The van der Waals surface area contributed by atoms with Crippen LogP contribution in [0.25, 0.3) is 0 Å². The molecule has 0 unspecified atom stereocenters. The van der Waals surface area contributed by atoms with Crippen LogP contribution in [0.3, 0.4) is 0 Å². The molecular weight excluding hydrogens is 273 g/mol. The maximum atomic E-state index is 12.3. The number of hydrazine groups is 1. The second-order valence-electron chi connectivity index (χ2n) is 4.04. The van der Waals surface area contributed by atoms with Gasteiger partial charge in [0.1, 0.15) is 0 Å². The van der Waals surface area contributed by atoms with Crippen molar-refractivity contribution >= 4 is 24.3 Å². The van der Waals surface area contributed by atoms with Gasteiger partial charge in [-0.15, -0.1) is 11.3 Å². The monoisotopic (exact) mass is 291 g/mol. The minimum atomic E-state index is -1.13. The van der Waals surface area contributed by atoms with Gasteiger partial charge in [0.15, 0.2) is 5.01 Å². The van der Waals surface area contributed by atoms with Crippen molar-refractivity contribution in [2.45, 2.75) is 13.8 Å². The van der Waals surface area contributed by atoms with Gasteiger partial charge in [-0.3, -0.25) is 9.71 Å². The lowest BCUT2D eigenvalue weighted by molar-refractivity contribution is 0.0797. The topological polar surface area (TPSA) is 65.5 Å². The van der Waals surface area contributed by atoms with Gasteiger partial charge in [0.05, 0.1) is 0 Å². The molecule has 0 bridgehead atoms. The van der Waals surface area contributed by atoms with Crippen LogP contribution in [-0.2, 0) is 0 Å². The lowest BCUT2D eigenvalue weighted by Crippen LogP contribution is -2.52. The number of hydrogen-bond donors (Lipinski definition) is 2. The molecule has 1 aromatic heterocycles. The number of thiazole rings is 1. The Morgan fingerprint density at radius 2 is 2.35 bits per heavy atom. The van der Waals surface area contributed by atoms with E-state index in [0.717, 1.165) is 4.92 Å². The van der Waals surface area contributed by atoms with Crippen molar-refractivity contribution in [2.75, 3.05) is 7.05 Å². The Morgan fingerprint density at radius 1 is 1.65 bits per heavy atom. The van der Waals surface area contributed by atoms with E-state index in [1.165, 1.54) is 11.3 Å². The summed E-state index contributed by atoms with van der Waals surface area (Å²) in [7, 11) is 0.436. The standard InChI is InChI=1S/C13H18BN3O2S/c1-5-6-7-11(10(2)3)14(19)17(15-4)13(18)12-16-8-9-20-12/h5-9,15,19H,2H2,1,3-4H3/b6-5-,11-7+. The van der Waals surface area contributed by atoms with Crippen LogP contribution in [0.5, 0.6) is 0 Å². The summed E-state index contributed by atoms with van der Waals surface area (Å²) in [4.78, 5) is 17.3. The van der Waals surface area contributed by atoms with Crippen molar-refractivity contribution in [1.29, 1.82) is 0 Å². The number of nitrogens with zero attached hydrogens (tertiary/aromatic N) is 2. The van der Waals surface area contributed by atoms with Crippen molar-refractivity contribution in [3.05, 3.63) is 52.4 Å². The number of carbonyl (C=O) groups excluding carboxylic acids is 1. The Hall–Kier alpha value is -1.70. The van der Waals surface area contributed by atoms with Gasteiger partial charge in [-0.05, 0) is 19.3 Å². The molecule has 1 heterocycles. The molecule has 0 aliphatic carbocycles. The van der Waals surface area contributed by atoms with Gasteiger partial charge in [0.2, 0.25) is 0 Å². The normalized spacial score (nSPS) is 11.7. The van der Waals surface area contributed by atoms with Crippen molar-refractivity contribution in [2.24, 2.45) is 0 Å². The highest BCUT2D eigenvalue weighted by molar-refractivity contribution is 7.11. The van der Waals surface area contributed by atoms with Gasteiger partial charge in [0.25, 0.3) is 5.91 Å². The smallest absolute Gasteiger partial charge is 0.428 e. The van der Waals surface area contributed by atoms with E-state index >= 15 is 0 Å². The predicted octanol–water partition coefficient (Wildman–Crippen LogP) is 1.82. The number of amides is 1. The number of nitrogens with one attached hydrogen (secondary N) is 1. The molecule has 1 amide bonds. The Kier molecular flexibility index (Phi) is 6.37. The fourth-order valence-corrected chi connectivity index (χ4v) is 2.13. The van der Waals surface area contributed by atoms with E-state index in [1.807, 2.05) is 13.0 Å². The zero-order valence-corrected chi connectivity index (χ0v) is 12.6. The third kappa shape index (κ3) is 3.90. The Bertz CT molecular complexity index is 526. The van der Waals surface area contributed by atoms with Gasteiger partial charge in [0, 0.05) is 18.6 Å². The molecule has 0 aliphatic heterocycles. The Labute approximate surface area is 123 Å². The highest BCUT2D eigenvalue weighted by Gasteiger charge is 2.32. The molecule has 0 aromatic carbocycles. The van der Waals surface area contributed by atoms with Crippen LogP contribution in [0.1, 0.15) is 23.6 Å². The lowest BCUT2D eigenvalue weighted by atomic mass is 9.68. The molecular formula is C13H18BN3O2S. The van der Waals surface area contributed by atoms with E-state index in [2.05, 4.69) is 17.0 Å².